The van der Waals surface area contributed by atoms with Crippen molar-refractivity contribution in [1.82, 2.24) is 39.7 Å². The van der Waals surface area contributed by atoms with E-state index in [9.17, 15) is 0 Å². The zero-order valence-corrected chi connectivity index (χ0v) is 17.9. The molecule has 0 fully saturated rings. The Labute approximate surface area is 181 Å². The predicted molar refractivity (Wildman–Crippen MR) is 122 cm³/mol. The monoisotopic (exact) mass is 426 g/mol. The van der Waals surface area contributed by atoms with Crippen molar-refractivity contribution in [2.24, 2.45) is 7.05 Å². The van der Waals surface area contributed by atoms with E-state index in [1.807, 2.05) is 43.2 Å². The molecule has 6 rings (SSSR count). The first-order valence-corrected chi connectivity index (χ1v) is 10.6. The Bertz CT molecular complexity index is 1580. The van der Waals surface area contributed by atoms with E-state index in [0.717, 1.165) is 44.9 Å². The normalized spacial score (nSPS) is 11.7. The summed E-state index contributed by atoms with van der Waals surface area (Å²) in [6.45, 7) is 4.08. The van der Waals surface area contributed by atoms with E-state index in [1.165, 1.54) is 9.75 Å². The van der Waals surface area contributed by atoms with Crippen molar-refractivity contribution in [3.63, 3.8) is 0 Å². The lowest BCUT2D eigenvalue weighted by Crippen LogP contribution is -1.94. The van der Waals surface area contributed by atoms with Crippen LogP contribution in [0.2, 0.25) is 0 Å². The van der Waals surface area contributed by atoms with Crippen molar-refractivity contribution >= 4 is 33.5 Å². The van der Waals surface area contributed by atoms with Crippen molar-refractivity contribution in [2.75, 3.05) is 0 Å². The predicted octanol–water partition coefficient (Wildman–Crippen LogP) is 4.64. The highest BCUT2D eigenvalue weighted by Crippen LogP contribution is 2.34. The van der Waals surface area contributed by atoms with Crippen LogP contribution in [0.5, 0.6) is 0 Å². The fourth-order valence-corrected chi connectivity index (χ4v) is 4.69. The van der Waals surface area contributed by atoms with Crippen molar-refractivity contribution < 1.29 is 0 Å². The molecule has 0 atom stereocenters. The van der Waals surface area contributed by atoms with Gasteiger partial charge >= 0.3 is 0 Å². The average molecular weight is 427 g/mol. The molecule has 6 aromatic heterocycles. The summed E-state index contributed by atoms with van der Waals surface area (Å²) in [7, 11) is 2.00. The molecular weight excluding hydrogens is 408 g/mol. The molecule has 0 aliphatic carbocycles. The van der Waals surface area contributed by atoms with Gasteiger partial charge in [0, 0.05) is 40.3 Å². The molecule has 0 aliphatic rings. The maximum absolute atomic E-state index is 4.88. The van der Waals surface area contributed by atoms with Crippen molar-refractivity contribution in [1.29, 1.82) is 0 Å². The van der Waals surface area contributed by atoms with Gasteiger partial charge in [0.2, 0.25) is 0 Å². The van der Waals surface area contributed by atoms with E-state index in [0.29, 0.717) is 11.5 Å². The number of hydrogen-bond acceptors (Lipinski definition) is 6. The lowest BCUT2D eigenvalue weighted by molar-refractivity contribution is 0.865. The van der Waals surface area contributed by atoms with Gasteiger partial charge in [-0.15, -0.1) is 11.3 Å². The molecule has 0 bridgehead atoms. The van der Waals surface area contributed by atoms with E-state index in [1.54, 1.807) is 11.3 Å². The Balaban J connectivity index is 1.52. The number of aryl methyl sites for hydroxylation is 2. The van der Waals surface area contributed by atoms with Crippen LogP contribution in [-0.2, 0) is 7.05 Å². The molecule has 2 N–H and O–H groups in total. The zero-order valence-electron chi connectivity index (χ0n) is 17.1. The molecular formula is C22H18N8S. The molecule has 0 saturated carbocycles. The van der Waals surface area contributed by atoms with E-state index in [2.05, 4.69) is 55.3 Å². The highest BCUT2D eigenvalue weighted by Gasteiger charge is 2.18. The summed E-state index contributed by atoms with van der Waals surface area (Å²) in [5.41, 5.74) is 6.04. The fourth-order valence-electron chi connectivity index (χ4n) is 3.80. The maximum atomic E-state index is 4.88. The number of thiophene rings is 1. The second-order valence-electron chi connectivity index (χ2n) is 7.49. The van der Waals surface area contributed by atoms with E-state index in [-0.39, 0.29) is 0 Å². The molecule has 0 saturated heterocycles. The first-order chi connectivity index (χ1) is 15.1. The number of rotatable bonds is 3. The van der Waals surface area contributed by atoms with Crippen LogP contribution in [0.3, 0.4) is 0 Å². The summed E-state index contributed by atoms with van der Waals surface area (Å²) in [5.74, 6) is 1.61. The van der Waals surface area contributed by atoms with Crippen LogP contribution in [0.15, 0.2) is 42.9 Å². The third kappa shape index (κ3) is 2.77. The Hall–Kier alpha value is -3.85. The number of H-pyrrole nitrogens is 2. The fraction of sp³-hybridized carbons (Fsp3) is 0.136. The second-order valence-corrected chi connectivity index (χ2v) is 8.78. The van der Waals surface area contributed by atoms with Crippen LogP contribution < -0.4 is 0 Å². The van der Waals surface area contributed by atoms with Gasteiger partial charge in [-0.1, -0.05) is 0 Å². The Morgan fingerprint density at radius 2 is 1.90 bits per heavy atom. The van der Waals surface area contributed by atoms with E-state index < -0.39 is 0 Å². The highest BCUT2D eigenvalue weighted by atomic mass is 32.1. The number of aromatic amines is 2. The molecule has 0 unspecified atom stereocenters. The van der Waals surface area contributed by atoms with Crippen LogP contribution in [0, 0.1) is 13.8 Å². The lowest BCUT2D eigenvalue weighted by Gasteiger charge is -2.03. The summed E-state index contributed by atoms with van der Waals surface area (Å²) in [5, 5.41) is 8.41. The van der Waals surface area contributed by atoms with Crippen LogP contribution in [0.4, 0.5) is 0 Å². The minimum absolute atomic E-state index is 0.662. The first kappa shape index (κ1) is 18.0. The van der Waals surface area contributed by atoms with Gasteiger partial charge in [0.15, 0.2) is 17.1 Å². The Kier molecular flexibility index (Phi) is 3.81. The van der Waals surface area contributed by atoms with Crippen LogP contribution in [0.25, 0.3) is 55.4 Å². The van der Waals surface area contributed by atoms with Gasteiger partial charge in [-0.05, 0) is 38.1 Å². The highest BCUT2D eigenvalue weighted by molar-refractivity contribution is 7.15. The number of nitrogens with zero attached hydrogens (tertiary/aromatic N) is 6. The van der Waals surface area contributed by atoms with Crippen LogP contribution in [0.1, 0.15) is 10.7 Å². The van der Waals surface area contributed by atoms with E-state index in [4.69, 9.17) is 4.98 Å². The van der Waals surface area contributed by atoms with Gasteiger partial charge in [-0.2, -0.15) is 5.10 Å². The molecule has 6 aromatic rings. The summed E-state index contributed by atoms with van der Waals surface area (Å²) in [6, 6.07) is 8.32. The molecule has 31 heavy (non-hydrogen) atoms. The van der Waals surface area contributed by atoms with Gasteiger partial charge in [0.05, 0.1) is 17.3 Å². The van der Waals surface area contributed by atoms with Gasteiger partial charge < -0.3 is 9.55 Å². The summed E-state index contributed by atoms with van der Waals surface area (Å²) in [4.78, 5) is 24.1. The van der Waals surface area contributed by atoms with Gasteiger partial charge in [0.25, 0.3) is 0 Å². The largest absolute Gasteiger partial charge is 0.331 e. The topological polar surface area (TPSA) is 101 Å². The molecule has 0 radical (unpaired) electrons. The summed E-state index contributed by atoms with van der Waals surface area (Å²) < 4.78 is 2.04. The SMILES string of the molecule is Cc1ccc(-c2ccnc3[nH]c(-c4n[nH]c5ncc(-c6cnc(C)n6C)cc45)nc23)s1. The first-order valence-electron chi connectivity index (χ1n) is 9.83. The second kappa shape index (κ2) is 6.58. The van der Waals surface area contributed by atoms with Crippen molar-refractivity contribution in [2.45, 2.75) is 13.8 Å². The standard InChI is InChI=1S/C22H18N8S/c1-11-4-5-17(31-11)14-6-7-23-21-18(14)26-22(27-21)19-15-8-13(9-25-20(15)29-28-19)16-10-24-12(2)30(16)3/h4-10H,1-3H3,(H,23,26,27)(H,25,28,29). The number of hydrogen-bond donors (Lipinski definition) is 2. The van der Waals surface area contributed by atoms with E-state index >= 15 is 0 Å². The number of imidazole rings is 2. The molecule has 9 heteroatoms. The third-order valence-electron chi connectivity index (χ3n) is 5.55. The van der Waals surface area contributed by atoms with Crippen LogP contribution >= 0.6 is 11.3 Å². The minimum Gasteiger partial charge on any atom is -0.331 e. The minimum atomic E-state index is 0.662. The van der Waals surface area contributed by atoms with Crippen LogP contribution in [-0.4, -0.2) is 39.7 Å². The quantitative estimate of drug-likeness (QED) is 0.429. The Morgan fingerprint density at radius 3 is 2.68 bits per heavy atom. The van der Waals surface area contributed by atoms with Crippen molar-refractivity contribution in [3.8, 4) is 33.2 Å². The number of nitrogens with one attached hydrogen (secondary N) is 2. The molecule has 6 heterocycles. The lowest BCUT2D eigenvalue weighted by atomic mass is 10.1. The molecule has 0 aromatic carbocycles. The molecule has 0 spiro atoms. The number of pyridine rings is 2. The van der Waals surface area contributed by atoms with Crippen molar-refractivity contribution in [3.05, 3.63) is 53.6 Å². The van der Waals surface area contributed by atoms with Gasteiger partial charge in [0.1, 0.15) is 17.0 Å². The van der Waals surface area contributed by atoms with Gasteiger partial charge in [-0.3, -0.25) is 5.10 Å². The molecule has 152 valence electrons. The number of fused-ring (bicyclic) bond motifs is 2. The third-order valence-corrected chi connectivity index (χ3v) is 6.58. The number of aromatic nitrogens is 8. The summed E-state index contributed by atoms with van der Waals surface area (Å²) >= 11 is 1.75. The molecule has 0 amide bonds. The maximum Gasteiger partial charge on any atom is 0.161 e. The molecule has 0 aliphatic heterocycles. The smallest absolute Gasteiger partial charge is 0.161 e. The molecule has 8 nitrogen and oxygen atoms in total. The Morgan fingerprint density at radius 1 is 1.00 bits per heavy atom. The zero-order chi connectivity index (χ0) is 21.1. The summed E-state index contributed by atoms with van der Waals surface area (Å²) in [6.07, 6.45) is 5.50. The van der Waals surface area contributed by atoms with Gasteiger partial charge in [-0.25, -0.2) is 19.9 Å². The average Bonchev–Trinajstić information content (AvgIpc) is 3.54.